The van der Waals surface area contributed by atoms with E-state index in [1.165, 1.54) is 18.2 Å². The molecule has 0 aliphatic rings. The van der Waals surface area contributed by atoms with E-state index in [1.54, 1.807) is 30.3 Å². The molecule has 2 atom stereocenters. The maximum Gasteiger partial charge on any atom is 0.426 e. The predicted molar refractivity (Wildman–Crippen MR) is 87.9 cm³/mol. The first-order valence-corrected chi connectivity index (χ1v) is 8.44. The van der Waals surface area contributed by atoms with Crippen LogP contribution in [0.15, 0.2) is 58.3 Å². The highest BCUT2D eigenvalue weighted by atomic mass is 35.5. The molecule has 0 aliphatic carbocycles. The fourth-order valence-corrected chi connectivity index (χ4v) is 3.15. The Morgan fingerprint density at radius 2 is 1.72 bits per heavy atom. The molecule has 0 spiro atoms. The number of carbonyl (C=O) groups is 1. The van der Waals surface area contributed by atoms with Crippen LogP contribution < -0.4 is 5.32 Å². The lowest BCUT2D eigenvalue weighted by Crippen LogP contribution is -2.52. The van der Waals surface area contributed by atoms with Gasteiger partial charge in [-0.3, -0.25) is 4.79 Å². The molecule has 0 saturated heterocycles. The molecule has 2 aromatic carbocycles. The van der Waals surface area contributed by atoms with E-state index in [2.05, 4.69) is 0 Å². The Bertz CT molecular complexity index is 810. The predicted octanol–water partition coefficient (Wildman–Crippen LogP) is 3.76. The van der Waals surface area contributed by atoms with Crippen LogP contribution in [0.2, 0.25) is 5.02 Å². The van der Waals surface area contributed by atoms with Gasteiger partial charge < -0.3 is 10.4 Å². The lowest BCUT2D eigenvalue weighted by Gasteiger charge is -2.25. The van der Waals surface area contributed by atoms with Crippen molar-refractivity contribution in [2.45, 2.75) is 28.5 Å². The molecule has 0 saturated carbocycles. The third-order valence-corrected chi connectivity index (χ3v) is 5.05. The summed E-state index contributed by atoms with van der Waals surface area (Å²) in [6.07, 6.45) is -5.14. The number of nitrogens with one attached hydrogen (secondary N) is 1. The summed E-state index contributed by atoms with van der Waals surface area (Å²) in [7, 11) is -1.54. The van der Waals surface area contributed by atoms with E-state index in [4.69, 9.17) is 11.6 Å². The molecule has 134 valence electrons. The Morgan fingerprint density at radius 3 is 2.24 bits per heavy atom. The zero-order chi connectivity index (χ0) is 18.8. The first kappa shape index (κ1) is 19.4. The number of rotatable bonds is 4. The van der Waals surface area contributed by atoms with E-state index in [9.17, 15) is 27.3 Å². The smallest absolute Gasteiger partial charge is 0.373 e. The highest BCUT2D eigenvalue weighted by Crippen LogP contribution is 2.33. The molecule has 4 nitrogen and oxygen atoms in total. The van der Waals surface area contributed by atoms with Gasteiger partial charge in [0.05, 0.1) is 21.5 Å². The first-order chi connectivity index (χ1) is 11.5. The number of carbonyl (C=O) groups excluding carboxylic acids is 1. The van der Waals surface area contributed by atoms with Gasteiger partial charge in [0.1, 0.15) is 0 Å². The fourth-order valence-electron chi connectivity index (χ4n) is 1.77. The van der Waals surface area contributed by atoms with Gasteiger partial charge in [-0.15, -0.1) is 0 Å². The fraction of sp³-hybridized carbons (Fsp3) is 0.188. The van der Waals surface area contributed by atoms with Gasteiger partial charge in [-0.2, -0.15) is 13.2 Å². The van der Waals surface area contributed by atoms with Gasteiger partial charge in [-0.05, 0) is 37.3 Å². The SMILES string of the molecule is CC(O)(C(=O)Nc1ccc([S@](=O)c2ccccc2)cc1Cl)C(F)(F)F. The summed E-state index contributed by atoms with van der Waals surface area (Å²) in [4.78, 5) is 12.5. The molecule has 0 aliphatic heterocycles. The van der Waals surface area contributed by atoms with Gasteiger partial charge in [0.15, 0.2) is 0 Å². The van der Waals surface area contributed by atoms with E-state index >= 15 is 0 Å². The Kier molecular flexibility index (Phi) is 5.55. The molecule has 0 radical (unpaired) electrons. The van der Waals surface area contributed by atoms with Crippen molar-refractivity contribution < 1.29 is 27.3 Å². The summed E-state index contributed by atoms with van der Waals surface area (Å²) in [6, 6.07) is 12.4. The molecule has 2 N–H and O–H groups in total. The maximum absolute atomic E-state index is 12.7. The Balaban J connectivity index is 2.23. The quantitative estimate of drug-likeness (QED) is 0.834. The van der Waals surface area contributed by atoms with Gasteiger partial charge >= 0.3 is 6.18 Å². The minimum absolute atomic E-state index is 0.104. The Labute approximate surface area is 149 Å². The van der Waals surface area contributed by atoms with Crippen molar-refractivity contribution in [2.75, 3.05) is 5.32 Å². The second-order valence-corrected chi connectivity index (χ2v) is 7.13. The Morgan fingerprint density at radius 1 is 1.12 bits per heavy atom. The normalized spacial score (nSPS) is 15.3. The molecule has 0 fully saturated rings. The van der Waals surface area contributed by atoms with E-state index in [0.717, 1.165) is 0 Å². The number of hydrogen-bond donors (Lipinski definition) is 2. The van der Waals surface area contributed by atoms with Gasteiger partial charge in [-0.1, -0.05) is 29.8 Å². The zero-order valence-corrected chi connectivity index (χ0v) is 14.4. The summed E-state index contributed by atoms with van der Waals surface area (Å²) >= 11 is 5.96. The van der Waals surface area contributed by atoms with Crippen LogP contribution in [0.25, 0.3) is 0 Å². The van der Waals surface area contributed by atoms with Crippen LogP contribution in [0.3, 0.4) is 0 Å². The molecule has 0 bridgehead atoms. The Hall–Kier alpha value is -1.90. The highest BCUT2D eigenvalue weighted by Gasteiger charge is 2.55. The third kappa shape index (κ3) is 4.20. The number of benzene rings is 2. The maximum atomic E-state index is 12.7. The third-order valence-electron chi connectivity index (χ3n) is 3.35. The van der Waals surface area contributed by atoms with Crippen molar-refractivity contribution in [2.24, 2.45) is 0 Å². The molecular weight excluding hydrogens is 379 g/mol. The number of hydrogen-bond acceptors (Lipinski definition) is 3. The van der Waals surface area contributed by atoms with Crippen LogP contribution in [0.5, 0.6) is 0 Å². The van der Waals surface area contributed by atoms with Crippen LogP contribution in [-0.4, -0.2) is 27.0 Å². The van der Waals surface area contributed by atoms with Gasteiger partial charge in [0.2, 0.25) is 5.60 Å². The lowest BCUT2D eigenvalue weighted by molar-refractivity contribution is -0.242. The summed E-state index contributed by atoms with van der Waals surface area (Å²) < 4.78 is 50.4. The van der Waals surface area contributed by atoms with Crippen LogP contribution >= 0.6 is 11.6 Å². The van der Waals surface area contributed by atoms with Crippen molar-refractivity contribution in [3.8, 4) is 0 Å². The van der Waals surface area contributed by atoms with Crippen LogP contribution in [-0.2, 0) is 15.6 Å². The molecular formula is C16H13ClF3NO3S. The number of aliphatic hydroxyl groups is 1. The molecule has 1 unspecified atom stereocenters. The number of alkyl halides is 3. The molecule has 25 heavy (non-hydrogen) atoms. The average molecular weight is 392 g/mol. The largest absolute Gasteiger partial charge is 0.426 e. The molecule has 0 heterocycles. The van der Waals surface area contributed by atoms with Crippen molar-refractivity contribution in [3.63, 3.8) is 0 Å². The summed E-state index contributed by atoms with van der Waals surface area (Å²) in [5, 5.41) is 11.2. The van der Waals surface area contributed by atoms with E-state index < -0.39 is 28.5 Å². The summed E-state index contributed by atoms with van der Waals surface area (Å²) in [5.74, 6) is -1.67. The standard InChI is InChI=1S/C16H13ClF3NO3S/c1-15(23,16(18,19)20)14(22)21-13-8-7-11(9-12(13)17)25(24)10-5-3-2-4-6-10/h2-9,23H,1H3,(H,21,22)/t15?,25-/m1/s1. The molecule has 0 aromatic heterocycles. The molecule has 9 heteroatoms. The summed E-state index contributed by atoms with van der Waals surface area (Å²) in [5.41, 5.74) is -3.70. The van der Waals surface area contributed by atoms with Crippen LogP contribution in [0.1, 0.15) is 6.92 Å². The topological polar surface area (TPSA) is 66.4 Å². The lowest BCUT2D eigenvalue weighted by atomic mass is 10.1. The van der Waals surface area contributed by atoms with Crippen molar-refractivity contribution in [1.29, 1.82) is 0 Å². The van der Waals surface area contributed by atoms with Crippen molar-refractivity contribution in [3.05, 3.63) is 53.6 Å². The molecule has 2 aromatic rings. The number of halogens is 4. The van der Waals surface area contributed by atoms with Gasteiger partial charge in [-0.25, -0.2) is 4.21 Å². The highest BCUT2D eigenvalue weighted by molar-refractivity contribution is 7.85. The molecule has 2 rings (SSSR count). The monoisotopic (exact) mass is 391 g/mol. The van der Waals surface area contributed by atoms with E-state index in [-0.39, 0.29) is 10.7 Å². The average Bonchev–Trinajstić information content (AvgIpc) is 2.55. The minimum Gasteiger partial charge on any atom is -0.373 e. The number of anilines is 1. The first-order valence-electron chi connectivity index (χ1n) is 6.91. The van der Waals surface area contributed by atoms with Crippen molar-refractivity contribution in [1.82, 2.24) is 0 Å². The summed E-state index contributed by atoms with van der Waals surface area (Å²) in [6.45, 7) is 0.342. The second kappa shape index (κ2) is 7.15. The van der Waals surface area contributed by atoms with E-state index in [1.807, 2.05) is 5.32 Å². The van der Waals surface area contributed by atoms with Crippen LogP contribution in [0.4, 0.5) is 18.9 Å². The van der Waals surface area contributed by atoms with E-state index in [0.29, 0.717) is 16.7 Å². The molecule has 1 amide bonds. The van der Waals surface area contributed by atoms with Crippen molar-refractivity contribution >= 4 is 34.0 Å². The van der Waals surface area contributed by atoms with Gasteiger partial charge in [0, 0.05) is 9.79 Å². The zero-order valence-electron chi connectivity index (χ0n) is 12.8. The minimum atomic E-state index is -5.14. The van der Waals surface area contributed by atoms with Gasteiger partial charge in [0.25, 0.3) is 5.91 Å². The second-order valence-electron chi connectivity index (χ2n) is 5.25. The van der Waals surface area contributed by atoms with Crippen LogP contribution in [0, 0.1) is 0 Å². The number of amides is 1.